The molecule has 0 atom stereocenters. The number of amides is 2. The van der Waals surface area contributed by atoms with Gasteiger partial charge in [-0.25, -0.2) is 0 Å². The summed E-state index contributed by atoms with van der Waals surface area (Å²) in [4.78, 5) is 29.9. The highest BCUT2D eigenvalue weighted by molar-refractivity contribution is 7.11. The molecule has 1 fully saturated rings. The Morgan fingerprint density at radius 1 is 1.04 bits per heavy atom. The third kappa shape index (κ3) is 5.09. The van der Waals surface area contributed by atoms with Gasteiger partial charge in [-0.1, -0.05) is 18.2 Å². The second-order valence-corrected chi connectivity index (χ2v) is 8.17. The van der Waals surface area contributed by atoms with E-state index in [1.165, 1.54) is 5.56 Å². The van der Waals surface area contributed by atoms with Crippen molar-refractivity contribution in [2.75, 3.05) is 38.0 Å². The average Bonchev–Trinajstić information content (AvgIpc) is 3.08. The molecule has 0 aliphatic carbocycles. The molecule has 3 rings (SSSR count). The Balaban J connectivity index is 1.47. The zero-order valence-electron chi connectivity index (χ0n) is 16.7. The molecule has 1 aliphatic rings. The van der Waals surface area contributed by atoms with Crippen molar-refractivity contribution in [3.63, 3.8) is 0 Å². The lowest BCUT2D eigenvalue weighted by molar-refractivity contribution is -0.127. The molecule has 6 heteroatoms. The average molecular weight is 398 g/mol. The summed E-state index contributed by atoms with van der Waals surface area (Å²) in [6.07, 6.45) is 3.55. The van der Waals surface area contributed by atoms with Crippen LogP contribution in [0.3, 0.4) is 0 Å². The summed E-state index contributed by atoms with van der Waals surface area (Å²) in [5.41, 5.74) is 4.22. The Morgan fingerprint density at radius 2 is 1.71 bits per heavy atom. The number of thiophene rings is 1. The van der Waals surface area contributed by atoms with E-state index >= 15 is 0 Å². The zero-order valence-corrected chi connectivity index (χ0v) is 17.5. The fourth-order valence-corrected chi connectivity index (χ4v) is 4.15. The molecule has 1 saturated heterocycles. The molecule has 0 spiro atoms. The van der Waals surface area contributed by atoms with Gasteiger partial charge in [-0.2, -0.15) is 0 Å². The minimum absolute atomic E-state index is 0.00903. The second-order valence-electron chi connectivity index (χ2n) is 7.22. The number of piperazine rings is 1. The number of benzene rings is 1. The number of aryl methyl sites for hydroxylation is 3. The molecule has 0 bridgehead atoms. The Morgan fingerprint density at radius 3 is 2.32 bits per heavy atom. The molecule has 28 heavy (non-hydrogen) atoms. The molecule has 0 saturated carbocycles. The summed E-state index contributed by atoms with van der Waals surface area (Å²) in [5, 5.41) is 5.06. The van der Waals surface area contributed by atoms with Crippen LogP contribution in [0.15, 0.2) is 35.7 Å². The summed E-state index contributed by atoms with van der Waals surface area (Å²) in [6.45, 7) is 9.08. The number of carbonyl (C=O) groups is 2. The van der Waals surface area contributed by atoms with Crippen molar-refractivity contribution in [1.29, 1.82) is 0 Å². The third-order valence-corrected chi connectivity index (χ3v) is 6.06. The lowest BCUT2D eigenvalue weighted by Gasteiger charge is -2.33. The van der Waals surface area contributed by atoms with E-state index in [9.17, 15) is 9.59 Å². The van der Waals surface area contributed by atoms with E-state index in [1.54, 1.807) is 17.4 Å². The lowest BCUT2D eigenvalue weighted by atomic mass is 10.1. The number of nitrogens with zero attached hydrogens (tertiary/aromatic N) is 2. The number of para-hydroxylation sites is 1. The predicted octanol–water partition coefficient (Wildman–Crippen LogP) is 3.47. The molecule has 1 N–H and O–H groups in total. The molecule has 148 valence electrons. The van der Waals surface area contributed by atoms with Crippen LogP contribution in [0.2, 0.25) is 0 Å². The minimum atomic E-state index is -0.00903. The molecule has 1 aromatic carbocycles. The van der Waals surface area contributed by atoms with Gasteiger partial charge in [0, 0.05) is 42.8 Å². The van der Waals surface area contributed by atoms with E-state index in [-0.39, 0.29) is 11.8 Å². The van der Waals surface area contributed by atoms with Gasteiger partial charge in [-0.15, -0.1) is 11.3 Å². The van der Waals surface area contributed by atoms with Crippen LogP contribution < -0.4 is 5.32 Å². The van der Waals surface area contributed by atoms with Crippen LogP contribution in [-0.2, 0) is 9.59 Å². The molecule has 0 radical (unpaired) electrons. The fourth-order valence-electron chi connectivity index (χ4n) is 3.33. The fraction of sp³-hybridized carbons (Fsp3) is 0.364. The van der Waals surface area contributed by atoms with Crippen LogP contribution in [0.1, 0.15) is 21.6 Å². The Bertz CT molecular complexity index is 859. The molecule has 1 aliphatic heterocycles. The van der Waals surface area contributed by atoms with Gasteiger partial charge < -0.3 is 10.2 Å². The van der Waals surface area contributed by atoms with Crippen molar-refractivity contribution in [1.82, 2.24) is 9.80 Å². The minimum Gasteiger partial charge on any atom is -0.337 e. The quantitative estimate of drug-likeness (QED) is 0.786. The van der Waals surface area contributed by atoms with Crippen molar-refractivity contribution < 1.29 is 9.59 Å². The van der Waals surface area contributed by atoms with Crippen LogP contribution in [0, 0.1) is 20.8 Å². The van der Waals surface area contributed by atoms with Crippen LogP contribution in [0.5, 0.6) is 0 Å². The molecule has 2 amide bonds. The van der Waals surface area contributed by atoms with Gasteiger partial charge >= 0.3 is 0 Å². The monoisotopic (exact) mass is 397 g/mol. The highest BCUT2D eigenvalue weighted by atomic mass is 32.1. The largest absolute Gasteiger partial charge is 0.337 e. The van der Waals surface area contributed by atoms with Gasteiger partial charge in [0.1, 0.15) is 0 Å². The summed E-state index contributed by atoms with van der Waals surface area (Å²) in [7, 11) is 0. The van der Waals surface area contributed by atoms with E-state index in [4.69, 9.17) is 0 Å². The molecule has 5 nitrogen and oxygen atoms in total. The molecule has 1 aromatic heterocycles. The highest BCUT2D eigenvalue weighted by Crippen LogP contribution is 2.19. The first-order chi connectivity index (χ1) is 13.4. The summed E-state index contributed by atoms with van der Waals surface area (Å²) in [5.74, 6) is 0.0256. The SMILES string of the molecule is Cc1ccsc1C=CC(=O)N1CCN(CC(=O)Nc2c(C)cccc2C)CC1. The van der Waals surface area contributed by atoms with Crippen molar-refractivity contribution in [2.24, 2.45) is 0 Å². The smallest absolute Gasteiger partial charge is 0.246 e. The van der Waals surface area contributed by atoms with Crippen LogP contribution >= 0.6 is 11.3 Å². The van der Waals surface area contributed by atoms with Gasteiger partial charge in [-0.05, 0) is 55.0 Å². The molecule has 0 unspecified atom stereocenters. The number of nitrogens with one attached hydrogen (secondary N) is 1. The van der Waals surface area contributed by atoms with E-state index in [1.807, 2.05) is 55.3 Å². The maximum Gasteiger partial charge on any atom is 0.246 e. The molecular formula is C22H27N3O2S. The van der Waals surface area contributed by atoms with Gasteiger partial charge in [0.15, 0.2) is 0 Å². The zero-order chi connectivity index (χ0) is 20.1. The number of carbonyl (C=O) groups excluding carboxylic acids is 2. The Labute approximate surface area is 170 Å². The number of rotatable bonds is 5. The van der Waals surface area contributed by atoms with Crippen LogP contribution in [0.25, 0.3) is 6.08 Å². The second kappa shape index (κ2) is 9.17. The standard InChI is InChI=1S/C22H27N3O2S/c1-16-9-14-28-19(16)7-8-21(27)25-12-10-24(11-13-25)15-20(26)23-22-17(2)5-4-6-18(22)3/h4-9,14H,10-13,15H2,1-3H3,(H,23,26). The van der Waals surface area contributed by atoms with Gasteiger partial charge in [0.25, 0.3) is 0 Å². The van der Waals surface area contributed by atoms with Crippen molar-refractivity contribution in [3.05, 3.63) is 57.3 Å². The number of hydrogen-bond donors (Lipinski definition) is 1. The van der Waals surface area contributed by atoms with Gasteiger partial charge in [0.05, 0.1) is 6.54 Å². The summed E-state index contributed by atoms with van der Waals surface area (Å²) in [6, 6.07) is 8.04. The van der Waals surface area contributed by atoms with Crippen molar-refractivity contribution in [2.45, 2.75) is 20.8 Å². The normalized spacial score (nSPS) is 15.2. The maximum atomic E-state index is 12.4. The topological polar surface area (TPSA) is 52.7 Å². The molecule has 2 heterocycles. The lowest BCUT2D eigenvalue weighted by Crippen LogP contribution is -2.50. The number of anilines is 1. The van der Waals surface area contributed by atoms with E-state index in [0.717, 1.165) is 21.7 Å². The van der Waals surface area contributed by atoms with Crippen molar-refractivity contribution >= 4 is 34.9 Å². The molecule has 2 aromatic rings. The summed E-state index contributed by atoms with van der Waals surface area (Å²) >= 11 is 1.64. The highest BCUT2D eigenvalue weighted by Gasteiger charge is 2.21. The van der Waals surface area contributed by atoms with E-state index < -0.39 is 0 Å². The van der Waals surface area contributed by atoms with Crippen molar-refractivity contribution in [3.8, 4) is 0 Å². The van der Waals surface area contributed by atoms with E-state index in [0.29, 0.717) is 32.7 Å². The predicted molar refractivity (Wildman–Crippen MR) is 116 cm³/mol. The third-order valence-electron chi connectivity index (χ3n) is 5.08. The van der Waals surface area contributed by atoms with Gasteiger partial charge in [0.2, 0.25) is 11.8 Å². The summed E-state index contributed by atoms with van der Waals surface area (Å²) < 4.78 is 0. The van der Waals surface area contributed by atoms with E-state index in [2.05, 4.69) is 16.3 Å². The Hall–Kier alpha value is -2.44. The first-order valence-electron chi connectivity index (χ1n) is 9.53. The van der Waals surface area contributed by atoms with Crippen LogP contribution in [-0.4, -0.2) is 54.3 Å². The molecular weight excluding hydrogens is 370 g/mol. The Kier molecular flexibility index (Phi) is 6.65. The first-order valence-corrected chi connectivity index (χ1v) is 10.4. The first kappa shape index (κ1) is 20.3. The number of hydrogen-bond acceptors (Lipinski definition) is 4. The maximum absolute atomic E-state index is 12.4. The van der Waals surface area contributed by atoms with Crippen LogP contribution in [0.4, 0.5) is 5.69 Å². The van der Waals surface area contributed by atoms with Gasteiger partial charge in [-0.3, -0.25) is 14.5 Å².